The Morgan fingerprint density at radius 2 is 1.87 bits per heavy atom. The van der Waals surface area contributed by atoms with E-state index in [2.05, 4.69) is 54.0 Å². The van der Waals surface area contributed by atoms with E-state index in [0.717, 1.165) is 4.47 Å². The molecule has 0 spiro atoms. The highest BCUT2D eigenvalue weighted by atomic mass is 79.9. The van der Waals surface area contributed by atoms with Gasteiger partial charge in [-0.3, -0.25) is 0 Å². The van der Waals surface area contributed by atoms with Gasteiger partial charge >= 0.3 is 0 Å². The predicted molar refractivity (Wildman–Crippen MR) is 71.7 cm³/mol. The minimum Gasteiger partial charge on any atom is -0.126 e. The summed E-state index contributed by atoms with van der Waals surface area (Å²) in [7, 11) is 0. The second kappa shape index (κ2) is 6.55. The summed E-state index contributed by atoms with van der Waals surface area (Å²) in [6.07, 6.45) is 2.47. The molecule has 1 aromatic carbocycles. The lowest BCUT2D eigenvalue weighted by atomic mass is 9.86. The lowest BCUT2D eigenvalue weighted by Crippen LogP contribution is -2.11. The van der Waals surface area contributed by atoms with Gasteiger partial charge in [0.25, 0.3) is 0 Å². The van der Waals surface area contributed by atoms with Gasteiger partial charge in [0.2, 0.25) is 0 Å². The van der Waals surface area contributed by atoms with Crippen molar-refractivity contribution >= 4 is 27.5 Å². The lowest BCUT2D eigenvalue weighted by Gasteiger charge is -2.21. The molecule has 1 aromatic rings. The van der Waals surface area contributed by atoms with Crippen molar-refractivity contribution in [2.24, 2.45) is 5.92 Å². The van der Waals surface area contributed by atoms with Gasteiger partial charge in [0.05, 0.1) is 0 Å². The lowest BCUT2D eigenvalue weighted by molar-refractivity contribution is 0.451. The van der Waals surface area contributed by atoms with Gasteiger partial charge in [-0.05, 0) is 29.5 Å². The summed E-state index contributed by atoms with van der Waals surface area (Å²) in [5.74, 6) is 1.86. The van der Waals surface area contributed by atoms with E-state index < -0.39 is 0 Å². The summed E-state index contributed by atoms with van der Waals surface area (Å²) >= 11 is 9.51. The van der Waals surface area contributed by atoms with Crippen LogP contribution >= 0.6 is 27.5 Å². The molecular weight excluding hydrogens is 272 g/mol. The Balaban J connectivity index is 2.77. The van der Waals surface area contributed by atoms with Crippen LogP contribution in [0.4, 0.5) is 0 Å². The number of rotatable bonds is 5. The SMILES string of the molecule is CCCC(C)C(CCl)c1ccc(Br)cc1. The van der Waals surface area contributed by atoms with E-state index in [1.807, 2.05) is 0 Å². The highest BCUT2D eigenvalue weighted by Crippen LogP contribution is 2.29. The minimum absolute atomic E-state index is 0.486. The molecule has 0 saturated carbocycles. The fourth-order valence-corrected chi connectivity index (χ4v) is 2.68. The topological polar surface area (TPSA) is 0 Å². The van der Waals surface area contributed by atoms with Crippen molar-refractivity contribution in [1.82, 2.24) is 0 Å². The first-order valence-corrected chi connectivity index (χ1v) is 6.83. The third kappa shape index (κ3) is 3.81. The van der Waals surface area contributed by atoms with Gasteiger partial charge in [0, 0.05) is 10.4 Å². The molecule has 0 nitrogen and oxygen atoms in total. The van der Waals surface area contributed by atoms with Crippen molar-refractivity contribution in [1.29, 1.82) is 0 Å². The number of hydrogen-bond acceptors (Lipinski definition) is 0. The van der Waals surface area contributed by atoms with Gasteiger partial charge in [-0.1, -0.05) is 54.8 Å². The first kappa shape index (κ1) is 13.1. The molecule has 2 atom stereocenters. The molecule has 0 amide bonds. The molecular formula is C13H18BrCl. The monoisotopic (exact) mass is 288 g/mol. The first-order valence-electron chi connectivity index (χ1n) is 5.50. The number of alkyl halides is 1. The van der Waals surface area contributed by atoms with Crippen molar-refractivity contribution in [2.45, 2.75) is 32.6 Å². The van der Waals surface area contributed by atoms with Crippen LogP contribution in [0.1, 0.15) is 38.2 Å². The third-order valence-electron chi connectivity index (χ3n) is 2.90. The van der Waals surface area contributed by atoms with Crippen LogP contribution < -0.4 is 0 Å². The average Bonchev–Trinajstić information content (AvgIpc) is 2.22. The van der Waals surface area contributed by atoms with Crippen molar-refractivity contribution in [3.63, 3.8) is 0 Å². The van der Waals surface area contributed by atoms with Crippen molar-refractivity contribution in [2.75, 3.05) is 5.88 Å². The Kier molecular flexibility index (Phi) is 5.70. The molecule has 2 heteroatoms. The fourth-order valence-electron chi connectivity index (χ4n) is 1.94. The Bertz CT molecular complexity index is 281. The number of benzene rings is 1. The summed E-state index contributed by atoms with van der Waals surface area (Å²) in [6.45, 7) is 4.52. The van der Waals surface area contributed by atoms with Crippen LogP contribution in [0.5, 0.6) is 0 Å². The van der Waals surface area contributed by atoms with Gasteiger partial charge in [0.1, 0.15) is 0 Å². The highest BCUT2D eigenvalue weighted by molar-refractivity contribution is 9.10. The standard InChI is InChI=1S/C13H18BrCl/c1-3-4-10(2)13(9-15)11-5-7-12(14)8-6-11/h5-8,10,13H,3-4,9H2,1-2H3. The summed E-state index contributed by atoms with van der Waals surface area (Å²) in [5.41, 5.74) is 1.36. The fraction of sp³-hybridized carbons (Fsp3) is 0.538. The third-order valence-corrected chi connectivity index (χ3v) is 3.76. The summed E-state index contributed by atoms with van der Waals surface area (Å²) in [6, 6.07) is 8.52. The summed E-state index contributed by atoms with van der Waals surface area (Å²) in [4.78, 5) is 0. The van der Waals surface area contributed by atoms with E-state index >= 15 is 0 Å². The van der Waals surface area contributed by atoms with Crippen LogP contribution in [0.2, 0.25) is 0 Å². The van der Waals surface area contributed by atoms with Gasteiger partial charge in [0.15, 0.2) is 0 Å². The molecule has 0 fully saturated rings. The molecule has 0 bridgehead atoms. The summed E-state index contributed by atoms with van der Waals surface area (Å²) in [5, 5.41) is 0. The van der Waals surface area contributed by atoms with Crippen LogP contribution in [0.25, 0.3) is 0 Å². The Labute approximate surface area is 106 Å². The molecule has 0 heterocycles. The van der Waals surface area contributed by atoms with E-state index in [1.165, 1.54) is 18.4 Å². The van der Waals surface area contributed by atoms with E-state index in [1.54, 1.807) is 0 Å². The maximum absolute atomic E-state index is 6.06. The largest absolute Gasteiger partial charge is 0.126 e. The molecule has 0 aliphatic carbocycles. The average molecular weight is 290 g/mol. The van der Waals surface area contributed by atoms with Crippen LogP contribution in [-0.4, -0.2) is 5.88 Å². The molecule has 2 unspecified atom stereocenters. The highest BCUT2D eigenvalue weighted by Gasteiger charge is 2.17. The molecule has 0 N–H and O–H groups in total. The van der Waals surface area contributed by atoms with E-state index in [9.17, 15) is 0 Å². The predicted octanol–water partition coefficient (Wildman–Crippen LogP) is 5.21. The quantitative estimate of drug-likeness (QED) is 0.653. The second-order valence-electron chi connectivity index (χ2n) is 4.08. The molecule has 0 aliphatic rings. The van der Waals surface area contributed by atoms with Crippen molar-refractivity contribution < 1.29 is 0 Å². The minimum atomic E-state index is 0.486. The second-order valence-corrected chi connectivity index (χ2v) is 5.30. The Morgan fingerprint density at radius 3 is 2.33 bits per heavy atom. The zero-order chi connectivity index (χ0) is 11.3. The maximum atomic E-state index is 6.06. The van der Waals surface area contributed by atoms with Gasteiger partial charge in [-0.25, -0.2) is 0 Å². The van der Waals surface area contributed by atoms with Gasteiger partial charge in [-0.15, -0.1) is 11.6 Å². The zero-order valence-electron chi connectivity index (χ0n) is 9.34. The van der Waals surface area contributed by atoms with Crippen LogP contribution in [0.15, 0.2) is 28.7 Å². The number of halogens is 2. The zero-order valence-corrected chi connectivity index (χ0v) is 11.7. The van der Waals surface area contributed by atoms with E-state index in [0.29, 0.717) is 17.7 Å². The van der Waals surface area contributed by atoms with E-state index in [4.69, 9.17) is 11.6 Å². The van der Waals surface area contributed by atoms with E-state index in [-0.39, 0.29) is 0 Å². The summed E-state index contributed by atoms with van der Waals surface area (Å²) < 4.78 is 1.13. The Hall–Kier alpha value is -0.0100. The number of hydrogen-bond donors (Lipinski definition) is 0. The molecule has 0 aromatic heterocycles. The van der Waals surface area contributed by atoms with Gasteiger partial charge in [-0.2, -0.15) is 0 Å². The molecule has 84 valence electrons. The molecule has 0 saturated heterocycles. The van der Waals surface area contributed by atoms with Crippen LogP contribution in [-0.2, 0) is 0 Å². The maximum Gasteiger partial charge on any atom is 0.0294 e. The normalized spacial score (nSPS) is 14.9. The molecule has 0 aliphatic heterocycles. The molecule has 1 rings (SSSR count). The molecule has 0 radical (unpaired) electrons. The van der Waals surface area contributed by atoms with Gasteiger partial charge < -0.3 is 0 Å². The smallest absolute Gasteiger partial charge is 0.0294 e. The first-order chi connectivity index (χ1) is 7.19. The molecule has 15 heavy (non-hydrogen) atoms. The van der Waals surface area contributed by atoms with Crippen LogP contribution in [0, 0.1) is 5.92 Å². The van der Waals surface area contributed by atoms with Crippen molar-refractivity contribution in [3.05, 3.63) is 34.3 Å². The Morgan fingerprint density at radius 1 is 1.27 bits per heavy atom. The van der Waals surface area contributed by atoms with Crippen molar-refractivity contribution in [3.8, 4) is 0 Å². The van der Waals surface area contributed by atoms with Crippen LogP contribution in [0.3, 0.4) is 0 Å².